The fraction of sp³-hybridized carbons (Fsp3) is 0.259. The van der Waals surface area contributed by atoms with Crippen molar-refractivity contribution in [1.29, 1.82) is 0 Å². The summed E-state index contributed by atoms with van der Waals surface area (Å²) in [6, 6.07) is 16.8. The minimum atomic E-state index is -4.52. The summed E-state index contributed by atoms with van der Waals surface area (Å²) in [4.78, 5) is 27.7. The number of alkyl halides is 3. The fourth-order valence-electron chi connectivity index (χ4n) is 4.18. The van der Waals surface area contributed by atoms with E-state index in [1.807, 2.05) is 26.0 Å². The normalized spacial score (nSPS) is 13.2. The van der Waals surface area contributed by atoms with Gasteiger partial charge in [0.15, 0.2) is 0 Å². The van der Waals surface area contributed by atoms with Gasteiger partial charge in [0.25, 0.3) is 5.91 Å². The maximum absolute atomic E-state index is 13.1. The number of hydrogen-bond donors (Lipinski definition) is 3. The molecule has 0 atom stereocenters. The first-order valence-electron chi connectivity index (χ1n) is 11.6. The molecule has 0 fully saturated rings. The van der Waals surface area contributed by atoms with E-state index in [4.69, 9.17) is 0 Å². The van der Waals surface area contributed by atoms with Crippen LogP contribution in [0.25, 0.3) is 0 Å². The van der Waals surface area contributed by atoms with E-state index in [0.717, 1.165) is 30.8 Å². The monoisotopic (exact) mass is 496 g/mol. The summed E-state index contributed by atoms with van der Waals surface area (Å²) in [5, 5.41) is 7.92. The molecular formula is C27H27F3N4O2. The topological polar surface area (TPSA) is 73.5 Å². The number of carbonyl (C=O) groups is 2. The molecule has 0 aliphatic carbocycles. The number of urea groups is 1. The average molecular weight is 497 g/mol. The lowest BCUT2D eigenvalue weighted by Crippen LogP contribution is -2.35. The fourth-order valence-corrected chi connectivity index (χ4v) is 4.18. The molecular weight excluding hydrogens is 469 g/mol. The molecule has 3 aromatic carbocycles. The van der Waals surface area contributed by atoms with Crippen molar-refractivity contribution in [2.45, 2.75) is 39.0 Å². The van der Waals surface area contributed by atoms with Gasteiger partial charge >= 0.3 is 12.2 Å². The first-order chi connectivity index (χ1) is 17.1. The molecule has 188 valence electrons. The van der Waals surface area contributed by atoms with Crippen molar-refractivity contribution in [3.8, 4) is 0 Å². The first-order valence-corrected chi connectivity index (χ1v) is 11.6. The number of anilines is 3. The van der Waals surface area contributed by atoms with Gasteiger partial charge in [-0.15, -0.1) is 0 Å². The van der Waals surface area contributed by atoms with Crippen molar-refractivity contribution in [2.75, 3.05) is 22.1 Å². The summed E-state index contributed by atoms with van der Waals surface area (Å²) in [5.74, 6) is -0.277. The van der Waals surface area contributed by atoms with Gasteiger partial charge in [0.2, 0.25) is 0 Å². The van der Waals surface area contributed by atoms with Crippen LogP contribution in [0.1, 0.15) is 40.9 Å². The summed E-state index contributed by atoms with van der Waals surface area (Å²) >= 11 is 0. The van der Waals surface area contributed by atoms with Gasteiger partial charge in [-0.25, -0.2) is 4.79 Å². The second kappa shape index (κ2) is 10.3. The van der Waals surface area contributed by atoms with E-state index < -0.39 is 17.8 Å². The Morgan fingerprint density at radius 1 is 0.889 bits per heavy atom. The molecule has 3 N–H and O–H groups in total. The van der Waals surface area contributed by atoms with E-state index in [0.29, 0.717) is 17.8 Å². The van der Waals surface area contributed by atoms with Crippen molar-refractivity contribution < 1.29 is 22.8 Å². The van der Waals surface area contributed by atoms with E-state index in [1.165, 1.54) is 23.3 Å². The van der Waals surface area contributed by atoms with Crippen LogP contribution < -0.4 is 20.9 Å². The summed E-state index contributed by atoms with van der Waals surface area (Å²) in [6.07, 6.45) is -3.67. The number of fused-ring (bicyclic) bond motifs is 1. The zero-order valence-corrected chi connectivity index (χ0v) is 19.9. The van der Waals surface area contributed by atoms with Crippen molar-refractivity contribution in [3.63, 3.8) is 0 Å². The van der Waals surface area contributed by atoms with Crippen LogP contribution in [-0.4, -0.2) is 24.5 Å². The summed E-state index contributed by atoms with van der Waals surface area (Å²) in [7, 11) is 0. The number of nitrogens with zero attached hydrogens (tertiary/aromatic N) is 1. The number of benzene rings is 3. The van der Waals surface area contributed by atoms with Gasteiger partial charge in [0.05, 0.1) is 11.1 Å². The summed E-state index contributed by atoms with van der Waals surface area (Å²) in [6.45, 7) is 5.11. The molecule has 6 nitrogen and oxygen atoms in total. The van der Waals surface area contributed by atoms with Crippen LogP contribution in [0.3, 0.4) is 0 Å². The van der Waals surface area contributed by atoms with Crippen LogP contribution in [0.4, 0.5) is 35.0 Å². The molecule has 1 aliphatic rings. The second-order valence-electron chi connectivity index (χ2n) is 8.96. The standard InChI is InChI=1S/C27H27F3N4O2/c1-17(2)31-25(35)23-15-22(33-26(36)32-21-9-5-8-20(14-21)27(28,29)30)10-11-24(23)34-13-12-18-6-3-4-7-19(18)16-34/h3-11,14-15,17H,12-13,16H2,1-2H3,(H,31,35)(H2,32,33,36). The Labute approximate surface area is 207 Å². The molecule has 4 rings (SSSR count). The van der Waals surface area contributed by atoms with Crippen molar-refractivity contribution in [1.82, 2.24) is 5.32 Å². The third kappa shape index (κ3) is 5.97. The lowest BCUT2D eigenvalue weighted by atomic mass is 9.98. The van der Waals surface area contributed by atoms with E-state index in [1.54, 1.807) is 18.2 Å². The van der Waals surface area contributed by atoms with Gasteiger partial charge in [-0.2, -0.15) is 13.2 Å². The molecule has 0 radical (unpaired) electrons. The summed E-state index contributed by atoms with van der Waals surface area (Å²) in [5.41, 5.74) is 3.11. The Morgan fingerprint density at radius 2 is 1.58 bits per heavy atom. The number of hydrogen-bond acceptors (Lipinski definition) is 3. The summed E-state index contributed by atoms with van der Waals surface area (Å²) < 4.78 is 38.9. The molecule has 0 saturated carbocycles. The Morgan fingerprint density at radius 3 is 2.28 bits per heavy atom. The van der Waals surface area contributed by atoms with Gasteiger partial charge in [-0.3, -0.25) is 4.79 Å². The second-order valence-corrected chi connectivity index (χ2v) is 8.96. The van der Waals surface area contributed by atoms with Crippen LogP contribution in [0.2, 0.25) is 0 Å². The highest BCUT2D eigenvalue weighted by molar-refractivity contribution is 6.04. The molecule has 0 saturated heterocycles. The van der Waals surface area contributed by atoms with Crippen LogP contribution in [0, 0.1) is 0 Å². The molecule has 1 heterocycles. The number of carbonyl (C=O) groups excluding carboxylic acids is 2. The Kier molecular flexibility index (Phi) is 7.19. The molecule has 3 amide bonds. The van der Waals surface area contributed by atoms with Gasteiger partial charge in [0, 0.05) is 36.2 Å². The third-order valence-corrected chi connectivity index (χ3v) is 5.84. The molecule has 3 aromatic rings. The average Bonchev–Trinajstić information content (AvgIpc) is 2.83. The Bertz CT molecular complexity index is 1270. The third-order valence-electron chi connectivity index (χ3n) is 5.84. The van der Waals surface area contributed by atoms with Gasteiger partial charge < -0.3 is 20.9 Å². The lowest BCUT2D eigenvalue weighted by molar-refractivity contribution is -0.137. The highest BCUT2D eigenvalue weighted by Crippen LogP contribution is 2.31. The maximum Gasteiger partial charge on any atom is 0.416 e. The SMILES string of the molecule is CC(C)NC(=O)c1cc(NC(=O)Nc2cccc(C(F)(F)F)c2)ccc1N1CCc2ccccc2C1. The number of rotatable bonds is 5. The van der Waals surface area contributed by atoms with Gasteiger partial charge in [-0.05, 0) is 67.8 Å². The van der Waals surface area contributed by atoms with Crippen molar-refractivity contribution in [2.24, 2.45) is 0 Å². The molecule has 0 aromatic heterocycles. The van der Waals surface area contributed by atoms with Crippen LogP contribution >= 0.6 is 0 Å². The quantitative estimate of drug-likeness (QED) is 0.403. The minimum Gasteiger partial charge on any atom is -0.366 e. The molecule has 0 bridgehead atoms. The minimum absolute atomic E-state index is 0.00343. The predicted octanol–water partition coefficient (Wildman–Crippen LogP) is 6.05. The van der Waals surface area contributed by atoms with Crippen LogP contribution in [0.15, 0.2) is 66.7 Å². The van der Waals surface area contributed by atoms with E-state index in [9.17, 15) is 22.8 Å². The molecule has 9 heteroatoms. The number of halogens is 3. The zero-order valence-electron chi connectivity index (χ0n) is 19.9. The Hall–Kier alpha value is -4.01. The van der Waals surface area contributed by atoms with E-state index in [2.05, 4.69) is 33.0 Å². The molecule has 1 aliphatic heterocycles. The predicted molar refractivity (Wildman–Crippen MR) is 134 cm³/mol. The van der Waals surface area contributed by atoms with Crippen LogP contribution in [0.5, 0.6) is 0 Å². The number of amides is 3. The Balaban J connectivity index is 1.55. The van der Waals surface area contributed by atoms with Gasteiger partial charge in [-0.1, -0.05) is 30.3 Å². The maximum atomic E-state index is 13.1. The smallest absolute Gasteiger partial charge is 0.366 e. The molecule has 36 heavy (non-hydrogen) atoms. The first kappa shape index (κ1) is 25.1. The van der Waals surface area contributed by atoms with Gasteiger partial charge in [0.1, 0.15) is 0 Å². The lowest BCUT2D eigenvalue weighted by Gasteiger charge is -2.32. The molecule has 0 spiro atoms. The number of nitrogens with one attached hydrogen (secondary N) is 3. The zero-order chi connectivity index (χ0) is 25.9. The molecule has 0 unspecified atom stereocenters. The van der Waals surface area contributed by atoms with Crippen LogP contribution in [-0.2, 0) is 19.1 Å². The highest BCUT2D eigenvalue weighted by atomic mass is 19.4. The van der Waals surface area contributed by atoms with Crippen molar-refractivity contribution >= 4 is 29.0 Å². The van der Waals surface area contributed by atoms with E-state index in [-0.39, 0.29) is 17.6 Å². The largest absolute Gasteiger partial charge is 0.416 e. The van der Waals surface area contributed by atoms with Crippen molar-refractivity contribution in [3.05, 3.63) is 89.0 Å². The highest BCUT2D eigenvalue weighted by Gasteiger charge is 2.30. The van der Waals surface area contributed by atoms with E-state index >= 15 is 0 Å².